The number of nitrogens with zero attached hydrogens (tertiary/aromatic N) is 3. The molecule has 0 spiro atoms. The van der Waals surface area contributed by atoms with Crippen molar-refractivity contribution < 1.29 is 9.59 Å². The van der Waals surface area contributed by atoms with E-state index in [4.69, 9.17) is 0 Å². The van der Waals surface area contributed by atoms with Crippen LogP contribution in [0.1, 0.15) is 40.1 Å². The number of amides is 2. The van der Waals surface area contributed by atoms with Gasteiger partial charge in [0.1, 0.15) is 12.1 Å². The molecule has 0 aliphatic heterocycles. The maximum atomic E-state index is 12.7. The molecule has 0 aliphatic rings. The Morgan fingerprint density at radius 2 is 1.87 bits per heavy atom. The zero-order valence-electron chi connectivity index (χ0n) is 17.3. The van der Waals surface area contributed by atoms with Gasteiger partial charge in [0, 0.05) is 31.5 Å². The van der Waals surface area contributed by atoms with Gasteiger partial charge in [0.15, 0.2) is 0 Å². The summed E-state index contributed by atoms with van der Waals surface area (Å²) in [5.41, 5.74) is 2.16. The van der Waals surface area contributed by atoms with Crippen molar-refractivity contribution >= 4 is 11.8 Å². The van der Waals surface area contributed by atoms with Gasteiger partial charge < -0.3 is 15.2 Å². The van der Waals surface area contributed by atoms with Crippen molar-refractivity contribution in [2.24, 2.45) is 7.05 Å². The van der Waals surface area contributed by atoms with Crippen LogP contribution in [0.3, 0.4) is 0 Å². The quantitative estimate of drug-likeness (QED) is 0.623. The zero-order valence-corrected chi connectivity index (χ0v) is 17.3. The minimum atomic E-state index is -0.511. The molecular weight excluding hydrogens is 382 g/mol. The van der Waals surface area contributed by atoms with Gasteiger partial charge in [-0.05, 0) is 31.5 Å². The molecular formula is C22H25N5O3. The SMILES string of the molecule is Cc1nn(C)cc1[C@@H](C)NC(=O)Cn1cccc(C(=O)NCc2ccccc2)c1=O. The summed E-state index contributed by atoms with van der Waals surface area (Å²) in [4.78, 5) is 37.6. The van der Waals surface area contributed by atoms with Crippen LogP contribution in [-0.4, -0.2) is 26.2 Å². The number of benzene rings is 1. The molecule has 0 fully saturated rings. The normalized spacial score (nSPS) is 11.7. The Morgan fingerprint density at radius 3 is 2.53 bits per heavy atom. The minimum Gasteiger partial charge on any atom is -0.348 e. The topological polar surface area (TPSA) is 98.0 Å². The molecule has 8 nitrogen and oxygen atoms in total. The second-order valence-corrected chi connectivity index (χ2v) is 7.16. The molecule has 0 aliphatic carbocycles. The van der Waals surface area contributed by atoms with Crippen LogP contribution in [0, 0.1) is 6.92 Å². The van der Waals surface area contributed by atoms with Gasteiger partial charge in [-0.3, -0.25) is 19.1 Å². The van der Waals surface area contributed by atoms with E-state index in [9.17, 15) is 14.4 Å². The van der Waals surface area contributed by atoms with Crippen LogP contribution in [0.15, 0.2) is 59.7 Å². The summed E-state index contributed by atoms with van der Waals surface area (Å²) in [5.74, 6) is -0.798. The largest absolute Gasteiger partial charge is 0.348 e. The van der Waals surface area contributed by atoms with E-state index in [2.05, 4.69) is 15.7 Å². The lowest BCUT2D eigenvalue weighted by Gasteiger charge is -2.14. The maximum absolute atomic E-state index is 12.7. The first-order valence-electron chi connectivity index (χ1n) is 9.66. The van der Waals surface area contributed by atoms with Gasteiger partial charge in [0.05, 0.1) is 11.7 Å². The number of aromatic nitrogens is 3. The molecule has 0 unspecified atom stereocenters. The fourth-order valence-electron chi connectivity index (χ4n) is 3.27. The summed E-state index contributed by atoms with van der Waals surface area (Å²) < 4.78 is 2.92. The summed E-state index contributed by atoms with van der Waals surface area (Å²) >= 11 is 0. The Bertz CT molecular complexity index is 1100. The van der Waals surface area contributed by atoms with Crippen LogP contribution in [-0.2, 0) is 24.9 Å². The average molecular weight is 407 g/mol. The van der Waals surface area contributed by atoms with E-state index in [0.717, 1.165) is 16.8 Å². The Morgan fingerprint density at radius 1 is 1.13 bits per heavy atom. The van der Waals surface area contributed by atoms with E-state index in [1.54, 1.807) is 10.7 Å². The van der Waals surface area contributed by atoms with Crippen molar-refractivity contribution in [1.29, 1.82) is 0 Å². The van der Waals surface area contributed by atoms with E-state index in [1.807, 2.05) is 57.4 Å². The second-order valence-electron chi connectivity index (χ2n) is 7.16. The zero-order chi connectivity index (χ0) is 21.7. The van der Waals surface area contributed by atoms with Crippen molar-refractivity contribution in [3.63, 3.8) is 0 Å². The summed E-state index contributed by atoms with van der Waals surface area (Å²) in [7, 11) is 1.82. The lowest BCUT2D eigenvalue weighted by atomic mass is 10.1. The Hall–Kier alpha value is -3.68. The van der Waals surface area contributed by atoms with Gasteiger partial charge >= 0.3 is 0 Å². The number of nitrogens with one attached hydrogen (secondary N) is 2. The van der Waals surface area contributed by atoms with Gasteiger partial charge in [-0.1, -0.05) is 30.3 Å². The number of hydrogen-bond acceptors (Lipinski definition) is 4. The first kappa shape index (κ1) is 21.0. The third kappa shape index (κ3) is 5.02. The van der Waals surface area contributed by atoms with Crippen LogP contribution in [0.4, 0.5) is 0 Å². The highest BCUT2D eigenvalue weighted by Crippen LogP contribution is 2.15. The van der Waals surface area contributed by atoms with Crippen molar-refractivity contribution in [3.05, 3.63) is 87.6 Å². The summed E-state index contributed by atoms with van der Waals surface area (Å²) in [6.07, 6.45) is 3.35. The molecule has 2 heterocycles. The van der Waals surface area contributed by atoms with Crippen LogP contribution in [0.5, 0.6) is 0 Å². The maximum Gasteiger partial charge on any atom is 0.263 e. The Labute approximate surface area is 174 Å². The molecule has 1 atom stereocenters. The Balaban J connectivity index is 1.65. The molecule has 2 N–H and O–H groups in total. The van der Waals surface area contributed by atoms with Gasteiger partial charge in [0.25, 0.3) is 11.5 Å². The van der Waals surface area contributed by atoms with Gasteiger partial charge in [-0.25, -0.2) is 0 Å². The van der Waals surface area contributed by atoms with Gasteiger partial charge in [0.2, 0.25) is 5.91 Å². The Kier molecular flexibility index (Phi) is 6.46. The predicted octanol–water partition coefficient (Wildman–Crippen LogP) is 1.70. The highest BCUT2D eigenvalue weighted by atomic mass is 16.2. The number of carbonyl (C=O) groups is 2. The van der Waals surface area contributed by atoms with Crippen molar-refractivity contribution in [2.75, 3.05) is 0 Å². The highest BCUT2D eigenvalue weighted by molar-refractivity contribution is 5.93. The van der Waals surface area contributed by atoms with Crippen molar-refractivity contribution in [3.8, 4) is 0 Å². The summed E-state index contributed by atoms with van der Waals surface area (Å²) in [5, 5.41) is 9.88. The van der Waals surface area contributed by atoms with Crippen LogP contribution in [0.25, 0.3) is 0 Å². The molecule has 2 amide bonds. The first-order valence-corrected chi connectivity index (χ1v) is 9.66. The lowest BCUT2D eigenvalue weighted by molar-refractivity contribution is -0.122. The number of hydrogen-bond donors (Lipinski definition) is 2. The fourth-order valence-corrected chi connectivity index (χ4v) is 3.27. The van der Waals surface area contributed by atoms with E-state index in [1.165, 1.54) is 16.8 Å². The highest BCUT2D eigenvalue weighted by Gasteiger charge is 2.17. The van der Waals surface area contributed by atoms with Gasteiger partial charge in [-0.2, -0.15) is 5.10 Å². The molecule has 0 radical (unpaired) electrons. The smallest absolute Gasteiger partial charge is 0.263 e. The molecule has 156 valence electrons. The molecule has 0 bridgehead atoms. The monoisotopic (exact) mass is 407 g/mol. The molecule has 2 aromatic heterocycles. The third-order valence-electron chi connectivity index (χ3n) is 4.77. The van der Waals surface area contributed by atoms with E-state index >= 15 is 0 Å². The molecule has 1 aromatic carbocycles. The summed E-state index contributed by atoms with van der Waals surface area (Å²) in [6.45, 7) is 3.87. The molecule has 0 saturated heterocycles. The molecule has 3 aromatic rings. The third-order valence-corrected chi connectivity index (χ3v) is 4.77. The molecule has 0 saturated carbocycles. The number of aryl methyl sites for hydroxylation is 2. The average Bonchev–Trinajstić information content (AvgIpc) is 3.06. The molecule has 8 heteroatoms. The first-order chi connectivity index (χ1) is 14.3. The number of pyridine rings is 1. The predicted molar refractivity (Wildman–Crippen MR) is 113 cm³/mol. The van der Waals surface area contributed by atoms with Crippen LogP contribution in [0.2, 0.25) is 0 Å². The minimum absolute atomic E-state index is 0.00242. The summed E-state index contributed by atoms with van der Waals surface area (Å²) in [6, 6.07) is 12.2. The van der Waals surface area contributed by atoms with Gasteiger partial charge in [-0.15, -0.1) is 0 Å². The molecule has 3 rings (SSSR count). The van der Waals surface area contributed by atoms with Crippen LogP contribution < -0.4 is 16.2 Å². The number of carbonyl (C=O) groups excluding carboxylic acids is 2. The van der Waals surface area contributed by atoms with E-state index in [0.29, 0.717) is 6.54 Å². The van der Waals surface area contributed by atoms with Crippen molar-refractivity contribution in [2.45, 2.75) is 33.0 Å². The fraction of sp³-hybridized carbons (Fsp3) is 0.273. The lowest BCUT2D eigenvalue weighted by Crippen LogP contribution is -2.37. The standard InChI is InChI=1S/C22H25N5O3/c1-15(19-13-26(3)25-16(19)2)24-20(28)14-27-11-7-10-18(22(27)30)21(29)23-12-17-8-5-4-6-9-17/h4-11,13,15H,12,14H2,1-3H3,(H,23,29)(H,24,28)/t15-/m1/s1. The second kappa shape index (κ2) is 9.21. The molecule has 30 heavy (non-hydrogen) atoms. The van der Waals surface area contributed by atoms with E-state index in [-0.39, 0.29) is 24.1 Å². The number of rotatable bonds is 7. The van der Waals surface area contributed by atoms with Crippen LogP contribution >= 0.6 is 0 Å². The van der Waals surface area contributed by atoms with Crippen molar-refractivity contribution in [1.82, 2.24) is 25.0 Å². The van der Waals surface area contributed by atoms with E-state index < -0.39 is 11.5 Å².